The van der Waals surface area contributed by atoms with Crippen LogP contribution in [-0.4, -0.2) is 23.1 Å². The number of rotatable bonds is 5. The smallest absolute Gasteiger partial charge is 0.416 e. The predicted molar refractivity (Wildman–Crippen MR) is 103 cm³/mol. The zero-order valence-electron chi connectivity index (χ0n) is 15.1. The van der Waals surface area contributed by atoms with Gasteiger partial charge in [-0.2, -0.15) is 13.2 Å². The Hall–Kier alpha value is -3.67. The van der Waals surface area contributed by atoms with Gasteiger partial charge in [0.15, 0.2) is 16.6 Å². The average molecular weight is 439 g/mol. The zero-order chi connectivity index (χ0) is 22.1. The van der Waals surface area contributed by atoms with Crippen LogP contribution in [0.5, 0.6) is 17.2 Å². The molecule has 2 aromatic rings. The van der Waals surface area contributed by atoms with Crippen molar-refractivity contribution in [1.29, 1.82) is 0 Å². The van der Waals surface area contributed by atoms with Crippen LogP contribution in [-0.2, 0) is 11.0 Å². The third-order valence-electron chi connectivity index (χ3n) is 3.92. The van der Waals surface area contributed by atoms with Gasteiger partial charge in [-0.1, -0.05) is 6.07 Å². The predicted octanol–water partition coefficient (Wildman–Crippen LogP) is 3.76. The molecule has 1 amide bonds. The van der Waals surface area contributed by atoms with E-state index in [0.717, 1.165) is 6.07 Å². The lowest BCUT2D eigenvalue weighted by atomic mass is 10.1. The molecule has 0 atom stereocenters. The Morgan fingerprint density at radius 1 is 1.10 bits per heavy atom. The average Bonchev–Trinajstić information content (AvgIpc) is 2.98. The lowest BCUT2D eigenvalue weighted by Gasteiger charge is -2.13. The van der Waals surface area contributed by atoms with Crippen LogP contribution in [0.15, 0.2) is 42.1 Å². The molecule has 2 aromatic carbocycles. The number of ether oxygens (including phenoxy) is 2. The van der Waals surface area contributed by atoms with Crippen molar-refractivity contribution in [3.05, 3.63) is 63.3 Å². The summed E-state index contributed by atoms with van der Waals surface area (Å²) in [5.41, 5.74) is -1.30. The molecule has 0 spiro atoms. The first-order valence-corrected chi connectivity index (χ1v) is 8.55. The molecule has 0 aliphatic carbocycles. The molecule has 0 unspecified atom stereocenters. The van der Waals surface area contributed by atoms with E-state index < -0.39 is 28.3 Å². The van der Waals surface area contributed by atoms with Crippen LogP contribution >= 0.6 is 12.2 Å². The lowest BCUT2D eigenvalue weighted by molar-refractivity contribution is -0.385. The quantitative estimate of drug-likeness (QED) is 0.317. The summed E-state index contributed by atoms with van der Waals surface area (Å²) in [6.45, 7) is 0. The number of carbonyl (C=O) groups excluding carboxylic acids is 1. The van der Waals surface area contributed by atoms with Crippen molar-refractivity contribution in [2.45, 2.75) is 6.18 Å². The number of methoxy groups -OCH3 is 1. The molecule has 1 aliphatic rings. The molecule has 8 nitrogen and oxygen atoms in total. The van der Waals surface area contributed by atoms with E-state index in [1.807, 2.05) is 0 Å². The number of halogens is 3. The minimum Gasteiger partial charge on any atom is -0.493 e. The lowest BCUT2D eigenvalue weighted by Crippen LogP contribution is -2.21. The molecule has 12 heteroatoms. The maximum absolute atomic E-state index is 12.8. The fourth-order valence-electron chi connectivity index (χ4n) is 2.55. The van der Waals surface area contributed by atoms with Gasteiger partial charge in [0.25, 0.3) is 5.91 Å². The third-order valence-corrected chi connectivity index (χ3v) is 4.13. The van der Waals surface area contributed by atoms with Crippen molar-refractivity contribution in [3.8, 4) is 17.2 Å². The summed E-state index contributed by atoms with van der Waals surface area (Å²) in [4.78, 5) is 22.0. The van der Waals surface area contributed by atoms with Crippen molar-refractivity contribution in [3.63, 3.8) is 0 Å². The number of hydrogen-bond donors (Lipinski definition) is 2. The van der Waals surface area contributed by atoms with E-state index in [2.05, 4.69) is 10.6 Å². The zero-order valence-corrected chi connectivity index (χ0v) is 15.9. The van der Waals surface area contributed by atoms with Gasteiger partial charge in [0.2, 0.25) is 5.75 Å². The van der Waals surface area contributed by atoms with Gasteiger partial charge >= 0.3 is 11.9 Å². The van der Waals surface area contributed by atoms with Crippen molar-refractivity contribution in [2.24, 2.45) is 0 Å². The minimum atomic E-state index is -4.74. The Morgan fingerprint density at radius 2 is 1.80 bits per heavy atom. The molecular weight excluding hydrogens is 427 g/mol. The van der Waals surface area contributed by atoms with Crippen molar-refractivity contribution in [1.82, 2.24) is 10.6 Å². The van der Waals surface area contributed by atoms with Gasteiger partial charge in [-0.3, -0.25) is 20.2 Å². The fourth-order valence-corrected chi connectivity index (χ4v) is 2.75. The number of hydrogen-bond acceptors (Lipinski definition) is 6. The van der Waals surface area contributed by atoms with Crippen molar-refractivity contribution < 1.29 is 32.4 Å². The highest BCUT2D eigenvalue weighted by atomic mass is 32.1. The van der Waals surface area contributed by atoms with Crippen LogP contribution in [0.3, 0.4) is 0 Å². The van der Waals surface area contributed by atoms with Crippen molar-refractivity contribution in [2.75, 3.05) is 7.11 Å². The second kappa shape index (κ2) is 7.99. The van der Waals surface area contributed by atoms with Gasteiger partial charge in [0.05, 0.1) is 17.6 Å². The van der Waals surface area contributed by atoms with Crippen LogP contribution in [0.4, 0.5) is 18.9 Å². The number of amides is 1. The normalized spacial score (nSPS) is 15.0. The van der Waals surface area contributed by atoms with Crippen LogP contribution in [0, 0.1) is 10.1 Å². The highest BCUT2D eigenvalue weighted by Gasteiger charge is 2.33. The molecule has 2 N–H and O–H groups in total. The first kappa shape index (κ1) is 21.0. The number of nitro groups is 1. The maximum atomic E-state index is 12.8. The number of nitrogens with zero attached hydrogens (tertiary/aromatic N) is 1. The number of nitrogens with one attached hydrogen (secondary N) is 2. The molecule has 1 saturated heterocycles. The first-order valence-electron chi connectivity index (χ1n) is 8.14. The Bertz CT molecular complexity index is 1090. The number of alkyl halides is 3. The molecule has 3 rings (SSSR count). The fraction of sp³-hybridized carbons (Fsp3) is 0.111. The van der Waals surface area contributed by atoms with E-state index in [9.17, 15) is 28.1 Å². The number of nitro benzene ring substituents is 1. The van der Waals surface area contributed by atoms with E-state index in [-0.39, 0.29) is 28.1 Å². The van der Waals surface area contributed by atoms with Crippen LogP contribution in [0.2, 0.25) is 0 Å². The highest BCUT2D eigenvalue weighted by molar-refractivity contribution is 7.80. The van der Waals surface area contributed by atoms with Gasteiger partial charge in [0.1, 0.15) is 5.70 Å². The number of thiocarbonyl (C=S) groups is 1. The van der Waals surface area contributed by atoms with Gasteiger partial charge in [-0.25, -0.2) is 0 Å². The SMILES string of the molecule is COc1cc(C=C2NC(=S)NC2=O)ccc1Oc1ccc(C(F)(F)F)cc1[N+](=O)[O-]. The van der Waals surface area contributed by atoms with Crippen LogP contribution in [0.25, 0.3) is 6.08 Å². The molecule has 0 aromatic heterocycles. The Kier molecular flexibility index (Phi) is 5.60. The van der Waals surface area contributed by atoms with Gasteiger partial charge in [0, 0.05) is 6.07 Å². The molecule has 1 heterocycles. The maximum Gasteiger partial charge on any atom is 0.416 e. The largest absolute Gasteiger partial charge is 0.493 e. The second-order valence-corrected chi connectivity index (χ2v) is 6.32. The molecule has 156 valence electrons. The van der Waals surface area contributed by atoms with E-state index >= 15 is 0 Å². The van der Waals surface area contributed by atoms with E-state index in [1.165, 1.54) is 31.4 Å². The molecule has 0 bridgehead atoms. The van der Waals surface area contributed by atoms with E-state index in [1.54, 1.807) is 0 Å². The van der Waals surface area contributed by atoms with Crippen LogP contribution in [0.1, 0.15) is 11.1 Å². The molecule has 0 saturated carbocycles. The Labute approximate surface area is 172 Å². The van der Waals surface area contributed by atoms with Crippen molar-refractivity contribution >= 4 is 35.0 Å². The highest BCUT2D eigenvalue weighted by Crippen LogP contribution is 2.40. The third kappa shape index (κ3) is 4.49. The molecule has 0 radical (unpaired) electrons. The molecule has 1 fully saturated rings. The summed E-state index contributed by atoms with van der Waals surface area (Å²) in [5.74, 6) is -0.638. The Balaban J connectivity index is 1.94. The summed E-state index contributed by atoms with van der Waals surface area (Å²) in [5, 5.41) is 16.5. The molecule has 30 heavy (non-hydrogen) atoms. The molecular formula is C18H12F3N3O5S. The summed E-state index contributed by atoms with van der Waals surface area (Å²) >= 11 is 4.84. The first-order chi connectivity index (χ1) is 14.1. The standard InChI is InChI=1S/C18H12F3N3O5S/c1-28-15-7-9(6-11-16(25)23-17(30)22-11)2-4-14(15)29-13-5-3-10(18(19,20)21)8-12(13)24(26)27/h2-8H,1H3,(H2,22,23,25,30). The summed E-state index contributed by atoms with van der Waals surface area (Å²) < 4.78 is 49.2. The topological polar surface area (TPSA) is 103 Å². The van der Waals surface area contributed by atoms with E-state index in [4.69, 9.17) is 21.7 Å². The minimum absolute atomic E-state index is 0.0295. The molecule has 1 aliphatic heterocycles. The van der Waals surface area contributed by atoms with Gasteiger partial charge < -0.3 is 14.8 Å². The monoisotopic (exact) mass is 439 g/mol. The summed E-state index contributed by atoms with van der Waals surface area (Å²) in [7, 11) is 1.32. The number of carbonyl (C=O) groups is 1. The second-order valence-electron chi connectivity index (χ2n) is 5.92. The number of benzene rings is 2. The summed E-state index contributed by atoms with van der Waals surface area (Å²) in [6, 6.07) is 6.35. The van der Waals surface area contributed by atoms with Gasteiger partial charge in [-0.15, -0.1) is 0 Å². The summed E-state index contributed by atoms with van der Waals surface area (Å²) in [6.07, 6.45) is -3.25. The van der Waals surface area contributed by atoms with Gasteiger partial charge in [-0.05, 0) is 48.1 Å². The van der Waals surface area contributed by atoms with E-state index in [0.29, 0.717) is 17.7 Å². The Morgan fingerprint density at radius 3 is 2.37 bits per heavy atom. The van der Waals surface area contributed by atoms with Crippen LogP contribution < -0.4 is 20.1 Å².